The fourth-order valence-corrected chi connectivity index (χ4v) is 2.20. The molecule has 0 aromatic heterocycles. The first-order chi connectivity index (χ1) is 8.04. The van der Waals surface area contributed by atoms with E-state index < -0.39 is 0 Å². The van der Waals surface area contributed by atoms with E-state index in [1.807, 2.05) is 6.92 Å². The number of rotatable bonds is 5. The molecule has 1 aliphatic rings. The van der Waals surface area contributed by atoms with Gasteiger partial charge in [0.25, 0.3) is 0 Å². The number of nitrogens with zero attached hydrogens (tertiary/aromatic N) is 1. The monoisotopic (exact) mass is 240 g/mol. The fourth-order valence-electron chi connectivity index (χ4n) is 2.20. The number of likely N-dealkylation sites (tertiary alicyclic amines) is 1. The van der Waals surface area contributed by atoms with Crippen LogP contribution in [-0.4, -0.2) is 35.8 Å². The van der Waals surface area contributed by atoms with Crippen LogP contribution in [0.2, 0.25) is 0 Å². The highest BCUT2D eigenvalue weighted by molar-refractivity contribution is 5.81. The van der Waals surface area contributed by atoms with Crippen LogP contribution in [0.3, 0.4) is 0 Å². The Hall–Kier alpha value is -1.06. The van der Waals surface area contributed by atoms with Crippen LogP contribution in [0.4, 0.5) is 0 Å². The first kappa shape index (κ1) is 14.0. The lowest BCUT2D eigenvalue weighted by molar-refractivity contribution is -0.128. The van der Waals surface area contributed by atoms with Crippen LogP contribution in [0.1, 0.15) is 46.5 Å². The van der Waals surface area contributed by atoms with E-state index in [0.29, 0.717) is 6.54 Å². The average Bonchev–Trinajstić information content (AvgIpc) is 2.75. The number of unbranched alkanes of at least 4 members (excludes halogenated alkanes) is 1. The largest absolute Gasteiger partial charge is 0.353 e. The Morgan fingerprint density at radius 1 is 1.47 bits per heavy atom. The van der Waals surface area contributed by atoms with Gasteiger partial charge in [-0.2, -0.15) is 0 Å². The number of hydrogen-bond acceptors (Lipinski definition) is 2. The van der Waals surface area contributed by atoms with E-state index in [-0.39, 0.29) is 23.8 Å². The molecule has 2 atom stereocenters. The van der Waals surface area contributed by atoms with Gasteiger partial charge < -0.3 is 10.2 Å². The lowest BCUT2D eigenvalue weighted by Gasteiger charge is -2.17. The third-order valence-corrected chi connectivity index (χ3v) is 3.38. The molecule has 4 heteroatoms. The molecule has 2 amide bonds. The lowest BCUT2D eigenvalue weighted by atomic mass is 10.1. The third kappa shape index (κ3) is 4.36. The van der Waals surface area contributed by atoms with Crippen molar-refractivity contribution in [1.29, 1.82) is 0 Å². The van der Waals surface area contributed by atoms with Gasteiger partial charge in [-0.05, 0) is 19.8 Å². The van der Waals surface area contributed by atoms with Crippen molar-refractivity contribution in [2.45, 2.75) is 52.5 Å². The zero-order valence-electron chi connectivity index (χ0n) is 11.2. The average molecular weight is 240 g/mol. The lowest BCUT2D eigenvalue weighted by Crippen LogP contribution is -2.38. The zero-order valence-corrected chi connectivity index (χ0v) is 11.2. The van der Waals surface area contributed by atoms with Crippen molar-refractivity contribution in [1.82, 2.24) is 10.2 Å². The van der Waals surface area contributed by atoms with Crippen LogP contribution in [0.25, 0.3) is 0 Å². The molecular weight excluding hydrogens is 216 g/mol. The predicted octanol–water partition coefficient (Wildman–Crippen LogP) is 1.55. The Labute approximate surface area is 104 Å². The van der Waals surface area contributed by atoms with E-state index in [0.717, 1.165) is 32.2 Å². The van der Waals surface area contributed by atoms with Crippen LogP contribution in [0, 0.1) is 5.92 Å². The van der Waals surface area contributed by atoms with Gasteiger partial charge in [0, 0.05) is 26.1 Å². The van der Waals surface area contributed by atoms with Gasteiger partial charge in [0.1, 0.15) is 0 Å². The second kappa shape index (κ2) is 6.62. The van der Waals surface area contributed by atoms with Gasteiger partial charge in [0.2, 0.25) is 11.8 Å². The normalized spacial score (nSPS) is 21.4. The van der Waals surface area contributed by atoms with Gasteiger partial charge in [0.05, 0.1) is 5.92 Å². The molecule has 4 nitrogen and oxygen atoms in total. The van der Waals surface area contributed by atoms with Crippen LogP contribution >= 0.6 is 0 Å². The maximum atomic E-state index is 11.9. The highest BCUT2D eigenvalue weighted by Gasteiger charge is 2.29. The molecule has 1 aliphatic heterocycles. The van der Waals surface area contributed by atoms with Crippen LogP contribution in [-0.2, 0) is 9.59 Å². The summed E-state index contributed by atoms with van der Waals surface area (Å²) in [7, 11) is 0. The Morgan fingerprint density at radius 3 is 2.71 bits per heavy atom. The SMILES string of the molecule is CCCCC(C)NC(=O)C1CCN(C(C)=O)C1. The van der Waals surface area contributed by atoms with Crippen LogP contribution < -0.4 is 5.32 Å². The molecule has 1 saturated heterocycles. The number of amides is 2. The quantitative estimate of drug-likeness (QED) is 0.792. The Balaban J connectivity index is 2.31. The molecule has 0 bridgehead atoms. The summed E-state index contributed by atoms with van der Waals surface area (Å²) in [6.07, 6.45) is 4.13. The summed E-state index contributed by atoms with van der Waals surface area (Å²) in [6.45, 7) is 7.06. The number of carbonyl (C=O) groups excluding carboxylic acids is 2. The Morgan fingerprint density at radius 2 is 2.18 bits per heavy atom. The minimum absolute atomic E-state index is 0.0111. The molecule has 0 spiro atoms. The summed E-state index contributed by atoms with van der Waals surface area (Å²) >= 11 is 0. The summed E-state index contributed by atoms with van der Waals surface area (Å²) in [5.74, 6) is 0.166. The fraction of sp³-hybridized carbons (Fsp3) is 0.846. The topological polar surface area (TPSA) is 49.4 Å². The van der Waals surface area contributed by atoms with Gasteiger partial charge in [-0.25, -0.2) is 0 Å². The molecular formula is C13H24N2O2. The van der Waals surface area contributed by atoms with Crippen molar-refractivity contribution in [2.75, 3.05) is 13.1 Å². The highest BCUT2D eigenvalue weighted by atomic mass is 16.2. The van der Waals surface area contributed by atoms with Crippen molar-refractivity contribution >= 4 is 11.8 Å². The molecule has 0 saturated carbocycles. The number of carbonyl (C=O) groups is 2. The molecule has 2 unspecified atom stereocenters. The van der Waals surface area contributed by atoms with E-state index in [9.17, 15) is 9.59 Å². The molecule has 1 fully saturated rings. The molecule has 0 aromatic carbocycles. The van der Waals surface area contributed by atoms with Gasteiger partial charge >= 0.3 is 0 Å². The smallest absolute Gasteiger partial charge is 0.225 e. The highest BCUT2D eigenvalue weighted by Crippen LogP contribution is 2.16. The first-order valence-electron chi connectivity index (χ1n) is 6.60. The first-order valence-corrected chi connectivity index (χ1v) is 6.60. The van der Waals surface area contributed by atoms with Crippen LogP contribution in [0.5, 0.6) is 0 Å². The van der Waals surface area contributed by atoms with Crippen molar-refractivity contribution in [2.24, 2.45) is 5.92 Å². The molecule has 17 heavy (non-hydrogen) atoms. The summed E-state index contributed by atoms with van der Waals surface area (Å²) in [5, 5.41) is 3.04. The molecule has 98 valence electrons. The zero-order chi connectivity index (χ0) is 12.8. The van der Waals surface area contributed by atoms with Crippen molar-refractivity contribution in [3.8, 4) is 0 Å². The van der Waals surface area contributed by atoms with E-state index in [2.05, 4.69) is 12.2 Å². The summed E-state index contributed by atoms with van der Waals surface area (Å²) in [6, 6.07) is 0.244. The van der Waals surface area contributed by atoms with Gasteiger partial charge in [-0.15, -0.1) is 0 Å². The Kier molecular flexibility index (Phi) is 5.45. The molecule has 0 radical (unpaired) electrons. The Bertz CT molecular complexity index is 279. The summed E-state index contributed by atoms with van der Waals surface area (Å²) in [4.78, 5) is 24.9. The maximum absolute atomic E-state index is 11.9. The molecule has 0 aromatic rings. The number of nitrogens with one attached hydrogen (secondary N) is 1. The van der Waals surface area contributed by atoms with Crippen molar-refractivity contribution in [3.05, 3.63) is 0 Å². The molecule has 0 aliphatic carbocycles. The maximum Gasteiger partial charge on any atom is 0.225 e. The van der Waals surface area contributed by atoms with E-state index >= 15 is 0 Å². The number of hydrogen-bond donors (Lipinski definition) is 1. The van der Waals surface area contributed by atoms with Gasteiger partial charge in [-0.1, -0.05) is 19.8 Å². The van der Waals surface area contributed by atoms with Crippen LogP contribution in [0.15, 0.2) is 0 Å². The second-order valence-corrected chi connectivity index (χ2v) is 5.00. The van der Waals surface area contributed by atoms with Crippen molar-refractivity contribution in [3.63, 3.8) is 0 Å². The van der Waals surface area contributed by atoms with Crippen molar-refractivity contribution < 1.29 is 9.59 Å². The molecule has 1 heterocycles. The van der Waals surface area contributed by atoms with Gasteiger partial charge in [-0.3, -0.25) is 9.59 Å². The minimum atomic E-state index is -0.0111. The molecule has 1 rings (SSSR count). The van der Waals surface area contributed by atoms with Gasteiger partial charge in [0.15, 0.2) is 0 Å². The summed E-state index contributed by atoms with van der Waals surface area (Å²) < 4.78 is 0. The second-order valence-electron chi connectivity index (χ2n) is 5.00. The minimum Gasteiger partial charge on any atom is -0.353 e. The predicted molar refractivity (Wildman–Crippen MR) is 67.5 cm³/mol. The van der Waals surface area contributed by atoms with E-state index in [1.165, 1.54) is 0 Å². The third-order valence-electron chi connectivity index (χ3n) is 3.38. The molecule has 1 N–H and O–H groups in total. The van der Waals surface area contributed by atoms with E-state index in [1.54, 1.807) is 11.8 Å². The summed E-state index contributed by atoms with van der Waals surface area (Å²) in [5.41, 5.74) is 0. The van der Waals surface area contributed by atoms with E-state index in [4.69, 9.17) is 0 Å². The standard InChI is InChI=1S/C13H24N2O2/c1-4-5-6-10(2)14-13(17)12-7-8-15(9-12)11(3)16/h10,12H,4-9H2,1-3H3,(H,14,17).